The first-order valence-corrected chi connectivity index (χ1v) is 9.85. The van der Waals surface area contributed by atoms with E-state index >= 15 is 0 Å². The van der Waals surface area contributed by atoms with Gasteiger partial charge < -0.3 is 4.90 Å². The fraction of sp³-hybridized carbons (Fsp3) is 0.474. The van der Waals surface area contributed by atoms with Gasteiger partial charge in [-0.1, -0.05) is 18.5 Å². The van der Waals surface area contributed by atoms with Gasteiger partial charge in [0.1, 0.15) is 22.6 Å². The van der Waals surface area contributed by atoms with Gasteiger partial charge in [-0.3, -0.25) is 4.40 Å². The van der Waals surface area contributed by atoms with Gasteiger partial charge in [-0.15, -0.1) is 10.2 Å². The highest BCUT2D eigenvalue weighted by atomic mass is 35.5. The SMILES string of the molecule is CCc1nc(Cl)c(C)c(N2CCCC(c3nnc4ccc(C(F)(F)F)cn34)C2)n1. The zero-order valence-electron chi connectivity index (χ0n) is 16.0. The Kier molecular flexibility index (Phi) is 5.10. The summed E-state index contributed by atoms with van der Waals surface area (Å²) in [4.78, 5) is 11.0. The van der Waals surface area contributed by atoms with E-state index in [2.05, 4.69) is 25.1 Å². The molecule has 3 aromatic heterocycles. The summed E-state index contributed by atoms with van der Waals surface area (Å²) in [6.45, 7) is 5.21. The van der Waals surface area contributed by atoms with Crippen molar-refractivity contribution in [1.82, 2.24) is 24.6 Å². The molecule has 29 heavy (non-hydrogen) atoms. The molecule has 0 saturated carbocycles. The Morgan fingerprint density at radius 3 is 2.72 bits per heavy atom. The molecule has 1 saturated heterocycles. The molecule has 10 heteroatoms. The molecule has 1 unspecified atom stereocenters. The maximum atomic E-state index is 13.1. The average molecular weight is 425 g/mol. The number of alkyl halides is 3. The second-order valence-electron chi connectivity index (χ2n) is 7.22. The van der Waals surface area contributed by atoms with Crippen molar-refractivity contribution < 1.29 is 13.2 Å². The van der Waals surface area contributed by atoms with Gasteiger partial charge in [-0.25, -0.2) is 9.97 Å². The zero-order valence-corrected chi connectivity index (χ0v) is 16.8. The van der Waals surface area contributed by atoms with Crippen LogP contribution in [0.5, 0.6) is 0 Å². The lowest BCUT2D eigenvalue weighted by molar-refractivity contribution is -0.137. The minimum atomic E-state index is -4.42. The lowest BCUT2D eigenvalue weighted by atomic mass is 9.97. The van der Waals surface area contributed by atoms with E-state index < -0.39 is 11.7 Å². The standard InChI is InChI=1S/C19H20ClF3N6/c1-3-14-24-16(20)11(2)17(25-14)28-8-4-5-12(9-28)18-27-26-15-7-6-13(10-29(15)18)19(21,22)23/h6-7,10,12H,3-5,8-9H2,1-2H3. The third-order valence-corrected chi connectivity index (χ3v) is 5.63. The number of halogens is 4. The van der Waals surface area contributed by atoms with E-state index in [1.165, 1.54) is 10.5 Å². The summed E-state index contributed by atoms with van der Waals surface area (Å²) in [5.74, 6) is 1.90. The molecule has 4 rings (SSSR count). The number of fused-ring (bicyclic) bond motifs is 1. The number of piperidine rings is 1. The molecule has 1 atom stereocenters. The summed E-state index contributed by atoms with van der Waals surface area (Å²) < 4.78 is 40.9. The summed E-state index contributed by atoms with van der Waals surface area (Å²) in [5.41, 5.74) is 0.486. The van der Waals surface area contributed by atoms with Crippen LogP contribution in [0.15, 0.2) is 18.3 Å². The van der Waals surface area contributed by atoms with E-state index in [0.29, 0.717) is 35.4 Å². The van der Waals surface area contributed by atoms with Crippen LogP contribution in [0.1, 0.15) is 48.5 Å². The average Bonchev–Trinajstić information content (AvgIpc) is 3.12. The number of rotatable bonds is 3. The maximum absolute atomic E-state index is 13.1. The first-order chi connectivity index (χ1) is 13.8. The first-order valence-electron chi connectivity index (χ1n) is 9.47. The van der Waals surface area contributed by atoms with Crippen molar-refractivity contribution in [3.63, 3.8) is 0 Å². The Labute approximate surface area is 170 Å². The molecule has 0 N–H and O–H groups in total. The molecule has 0 amide bonds. The second kappa shape index (κ2) is 7.44. The topological polar surface area (TPSA) is 59.2 Å². The molecule has 0 bridgehead atoms. The van der Waals surface area contributed by atoms with Crippen LogP contribution in [0.3, 0.4) is 0 Å². The largest absolute Gasteiger partial charge is 0.417 e. The van der Waals surface area contributed by atoms with Crippen LogP contribution in [0.4, 0.5) is 19.0 Å². The number of hydrogen-bond donors (Lipinski definition) is 0. The fourth-order valence-corrected chi connectivity index (χ4v) is 3.90. The quantitative estimate of drug-likeness (QED) is 0.581. The van der Waals surface area contributed by atoms with E-state index in [9.17, 15) is 13.2 Å². The molecule has 0 aromatic carbocycles. The molecule has 0 radical (unpaired) electrons. The van der Waals surface area contributed by atoms with Gasteiger partial charge in [0.15, 0.2) is 5.65 Å². The third-order valence-electron chi connectivity index (χ3n) is 5.27. The molecule has 4 heterocycles. The molecule has 1 fully saturated rings. The number of pyridine rings is 1. The highest BCUT2D eigenvalue weighted by Gasteiger charge is 2.32. The number of nitrogens with zero attached hydrogens (tertiary/aromatic N) is 6. The zero-order chi connectivity index (χ0) is 20.8. The van der Waals surface area contributed by atoms with Crippen LogP contribution in [-0.4, -0.2) is 37.7 Å². The smallest absolute Gasteiger partial charge is 0.356 e. The molecule has 1 aliphatic heterocycles. The molecular weight excluding hydrogens is 405 g/mol. The Morgan fingerprint density at radius 2 is 2.00 bits per heavy atom. The van der Waals surface area contributed by atoms with Crippen molar-refractivity contribution in [2.45, 2.75) is 45.2 Å². The normalized spacial score (nSPS) is 17.9. The van der Waals surface area contributed by atoms with E-state index in [-0.39, 0.29) is 5.92 Å². The summed E-state index contributed by atoms with van der Waals surface area (Å²) in [7, 11) is 0. The lowest BCUT2D eigenvalue weighted by Crippen LogP contribution is -2.36. The minimum Gasteiger partial charge on any atom is -0.356 e. The highest BCUT2D eigenvalue weighted by Crippen LogP contribution is 2.33. The van der Waals surface area contributed by atoms with Crippen LogP contribution in [0.2, 0.25) is 5.15 Å². The monoisotopic (exact) mass is 424 g/mol. The van der Waals surface area contributed by atoms with Crippen molar-refractivity contribution >= 4 is 23.1 Å². The van der Waals surface area contributed by atoms with Gasteiger partial charge >= 0.3 is 6.18 Å². The lowest BCUT2D eigenvalue weighted by Gasteiger charge is -2.34. The predicted molar refractivity (Wildman–Crippen MR) is 103 cm³/mol. The van der Waals surface area contributed by atoms with Crippen LogP contribution in [-0.2, 0) is 12.6 Å². The summed E-state index contributed by atoms with van der Waals surface area (Å²) in [6, 6.07) is 2.38. The molecule has 6 nitrogen and oxygen atoms in total. The van der Waals surface area contributed by atoms with Crippen molar-refractivity contribution in [2.75, 3.05) is 18.0 Å². The minimum absolute atomic E-state index is 0.0690. The molecule has 154 valence electrons. The van der Waals surface area contributed by atoms with Gasteiger partial charge in [0.05, 0.1) is 5.56 Å². The first kappa shape index (κ1) is 19.9. The molecule has 0 aliphatic carbocycles. The number of hydrogen-bond acceptors (Lipinski definition) is 5. The van der Waals surface area contributed by atoms with Crippen LogP contribution in [0.25, 0.3) is 5.65 Å². The maximum Gasteiger partial charge on any atom is 0.417 e. The molecular formula is C19H20ClF3N6. The van der Waals surface area contributed by atoms with Gasteiger partial charge in [0.25, 0.3) is 0 Å². The number of anilines is 1. The van der Waals surface area contributed by atoms with Crippen LogP contribution in [0, 0.1) is 6.92 Å². The Bertz CT molecular complexity index is 1050. The predicted octanol–water partition coefficient (Wildman–Crippen LogP) is 4.45. The van der Waals surface area contributed by atoms with Crippen molar-refractivity contribution in [3.8, 4) is 0 Å². The van der Waals surface area contributed by atoms with Crippen molar-refractivity contribution in [1.29, 1.82) is 0 Å². The van der Waals surface area contributed by atoms with Gasteiger partial charge in [-0.05, 0) is 31.9 Å². The van der Waals surface area contributed by atoms with Gasteiger partial charge in [0, 0.05) is 37.2 Å². The van der Waals surface area contributed by atoms with Crippen molar-refractivity contribution in [3.05, 3.63) is 46.3 Å². The highest BCUT2D eigenvalue weighted by molar-refractivity contribution is 6.30. The van der Waals surface area contributed by atoms with Gasteiger partial charge in [0.2, 0.25) is 0 Å². The third kappa shape index (κ3) is 3.75. The molecule has 3 aromatic rings. The molecule has 0 spiro atoms. The summed E-state index contributed by atoms with van der Waals surface area (Å²) in [5, 5.41) is 8.69. The van der Waals surface area contributed by atoms with Gasteiger partial charge in [-0.2, -0.15) is 13.2 Å². The molecule has 1 aliphatic rings. The summed E-state index contributed by atoms with van der Waals surface area (Å²) >= 11 is 6.28. The second-order valence-corrected chi connectivity index (χ2v) is 7.58. The number of aryl methyl sites for hydroxylation is 1. The Hall–Kier alpha value is -2.42. The summed E-state index contributed by atoms with van der Waals surface area (Å²) in [6.07, 6.45) is -1.00. The number of aromatic nitrogens is 5. The van der Waals surface area contributed by atoms with E-state index in [4.69, 9.17) is 11.6 Å². The van der Waals surface area contributed by atoms with Crippen molar-refractivity contribution in [2.24, 2.45) is 0 Å². The van der Waals surface area contributed by atoms with Crippen LogP contribution >= 0.6 is 11.6 Å². The fourth-order valence-electron chi connectivity index (χ4n) is 3.72. The van der Waals surface area contributed by atoms with E-state index in [0.717, 1.165) is 43.0 Å². The van der Waals surface area contributed by atoms with Crippen LogP contribution < -0.4 is 4.90 Å². The Balaban J connectivity index is 1.68. The van der Waals surface area contributed by atoms with E-state index in [1.807, 2.05) is 13.8 Å². The Morgan fingerprint density at radius 1 is 1.21 bits per heavy atom. The van der Waals surface area contributed by atoms with E-state index in [1.54, 1.807) is 0 Å².